The van der Waals surface area contributed by atoms with E-state index < -0.39 is 0 Å². The molecular weight excluding hydrogens is 244 g/mol. The molecular formula is C13H16N4O2. The molecule has 0 fully saturated rings. The summed E-state index contributed by atoms with van der Waals surface area (Å²) in [5, 5.41) is 5.35. The van der Waals surface area contributed by atoms with Gasteiger partial charge in [0.15, 0.2) is 0 Å². The minimum absolute atomic E-state index is 0.107. The Morgan fingerprint density at radius 3 is 2.74 bits per heavy atom. The summed E-state index contributed by atoms with van der Waals surface area (Å²) in [4.78, 5) is 26.8. The van der Waals surface area contributed by atoms with Crippen LogP contribution in [0.4, 0.5) is 0 Å². The third-order valence-electron chi connectivity index (χ3n) is 2.77. The molecule has 0 saturated carbocycles. The molecule has 0 saturated heterocycles. The Morgan fingerprint density at radius 1 is 1.26 bits per heavy atom. The molecule has 2 amide bonds. The van der Waals surface area contributed by atoms with Crippen molar-refractivity contribution in [3.63, 3.8) is 0 Å². The Balaban J connectivity index is 1.99. The van der Waals surface area contributed by atoms with E-state index in [4.69, 9.17) is 0 Å². The van der Waals surface area contributed by atoms with Crippen LogP contribution in [0.25, 0.3) is 11.0 Å². The van der Waals surface area contributed by atoms with Crippen molar-refractivity contribution in [2.45, 2.75) is 6.92 Å². The van der Waals surface area contributed by atoms with Crippen molar-refractivity contribution in [3.8, 4) is 0 Å². The van der Waals surface area contributed by atoms with Crippen LogP contribution >= 0.6 is 0 Å². The Bertz CT molecular complexity index is 618. The van der Waals surface area contributed by atoms with Crippen molar-refractivity contribution in [1.29, 1.82) is 0 Å². The number of rotatable bonds is 4. The maximum absolute atomic E-state index is 11.9. The van der Waals surface area contributed by atoms with E-state index in [-0.39, 0.29) is 11.8 Å². The fourth-order valence-electron chi connectivity index (χ4n) is 1.79. The van der Waals surface area contributed by atoms with Crippen LogP contribution in [0, 0.1) is 0 Å². The number of nitrogens with one attached hydrogen (secondary N) is 2. The maximum atomic E-state index is 11.9. The Morgan fingerprint density at radius 2 is 2.00 bits per heavy atom. The average Bonchev–Trinajstić information content (AvgIpc) is 2.75. The van der Waals surface area contributed by atoms with Crippen LogP contribution in [0.5, 0.6) is 0 Å². The minimum Gasteiger partial charge on any atom is -0.355 e. The van der Waals surface area contributed by atoms with Gasteiger partial charge in [-0.15, -0.1) is 0 Å². The first kappa shape index (κ1) is 13.1. The predicted molar refractivity (Wildman–Crippen MR) is 71.7 cm³/mol. The molecule has 19 heavy (non-hydrogen) atoms. The molecule has 0 aliphatic heterocycles. The lowest BCUT2D eigenvalue weighted by Gasteiger charge is -2.05. The van der Waals surface area contributed by atoms with Crippen LogP contribution in [0.15, 0.2) is 24.5 Å². The highest BCUT2D eigenvalue weighted by Crippen LogP contribution is 2.13. The number of nitrogens with zero attached hydrogens (tertiary/aromatic N) is 2. The molecule has 100 valence electrons. The van der Waals surface area contributed by atoms with Gasteiger partial charge in [-0.2, -0.15) is 0 Å². The topological polar surface area (TPSA) is 76.0 Å². The van der Waals surface area contributed by atoms with Gasteiger partial charge >= 0.3 is 0 Å². The molecule has 0 bridgehead atoms. The van der Waals surface area contributed by atoms with Crippen molar-refractivity contribution < 1.29 is 9.59 Å². The molecule has 6 nitrogen and oxygen atoms in total. The summed E-state index contributed by atoms with van der Waals surface area (Å²) in [5.74, 6) is -0.276. The standard InChI is InChI=1S/C13H16N4O2/c1-9(18)14-5-6-15-13(19)10-3-4-12-11(7-10)16-8-17(12)2/h3-4,7-8H,5-6H2,1-2H3,(H,14,18)(H,15,19). The van der Waals surface area contributed by atoms with E-state index in [1.54, 1.807) is 18.5 Å². The van der Waals surface area contributed by atoms with Gasteiger partial charge in [-0.25, -0.2) is 4.98 Å². The molecule has 2 N–H and O–H groups in total. The summed E-state index contributed by atoms with van der Waals surface area (Å²) < 4.78 is 1.90. The highest BCUT2D eigenvalue weighted by molar-refractivity contribution is 5.97. The zero-order chi connectivity index (χ0) is 13.8. The molecule has 2 rings (SSSR count). The van der Waals surface area contributed by atoms with Crippen LogP contribution in [0.2, 0.25) is 0 Å². The third kappa shape index (κ3) is 3.09. The van der Waals surface area contributed by atoms with Crippen LogP contribution in [-0.2, 0) is 11.8 Å². The van der Waals surface area contributed by atoms with Gasteiger partial charge in [-0.3, -0.25) is 9.59 Å². The normalized spacial score (nSPS) is 10.4. The van der Waals surface area contributed by atoms with E-state index >= 15 is 0 Å². The van der Waals surface area contributed by atoms with E-state index in [0.717, 1.165) is 11.0 Å². The molecule has 0 atom stereocenters. The van der Waals surface area contributed by atoms with Gasteiger partial charge in [0.25, 0.3) is 5.91 Å². The molecule has 0 spiro atoms. The lowest BCUT2D eigenvalue weighted by molar-refractivity contribution is -0.118. The second-order valence-electron chi connectivity index (χ2n) is 4.30. The summed E-state index contributed by atoms with van der Waals surface area (Å²) in [7, 11) is 1.91. The Kier molecular flexibility index (Phi) is 3.79. The van der Waals surface area contributed by atoms with Crippen molar-refractivity contribution >= 4 is 22.8 Å². The first-order chi connectivity index (χ1) is 9.08. The fourth-order valence-corrected chi connectivity index (χ4v) is 1.79. The number of carbonyl (C=O) groups is 2. The number of aromatic nitrogens is 2. The summed E-state index contributed by atoms with van der Waals surface area (Å²) >= 11 is 0. The quantitative estimate of drug-likeness (QED) is 0.783. The highest BCUT2D eigenvalue weighted by Gasteiger charge is 2.07. The van der Waals surface area contributed by atoms with Gasteiger partial charge in [0, 0.05) is 32.6 Å². The average molecular weight is 260 g/mol. The monoisotopic (exact) mass is 260 g/mol. The number of fused-ring (bicyclic) bond motifs is 1. The van der Waals surface area contributed by atoms with Crippen molar-refractivity contribution in [2.24, 2.45) is 7.05 Å². The molecule has 6 heteroatoms. The molecule has 1 heterocycles. The summed E-state index contributed by atoms with van der Waals surface area (Å²) in [5.41, 5.74) is 2.33. The lowest BCUT2D eigenvalue weighted by atomic mass is 10.2. The van der Waals surface area contributed by atoms with Gasteiger partial charge in [0.05, 0.1) is 17.4 Å². The van der Waals surface area contributed by atoms with Crippen LogP contribution in [-0.4, -0.2) is 34.5 Å². The largest absolute Gasteiger partial charge is 0.355 e. The van der Waals surface area contributed by atoms with E-state index in [1.807, 2.05) is 17.7 Å². The molecule has 0 aliphatic carbocycles. The molecule has 2 aromatic rings. The Hall–Kier alpha value is -2.37. The zero-order valence-corrected chi connectivity index (χ0v) is 10.9. The first-order valence-corrected chi connectivity index (χ1v) is 6.01. The van der Waals surface area contributed by atoms with E-state index in [0.29, 0.717) is 18.7 Å². The number of benzene rings is 1. The van der Waals surface area contributed by atoms with Gasteiger partial charge in [-0.05, 0) is 18.2 Å². The number of hydrogen-bond donors (Lipinski definition) is 2. The number of aryl methyl sites for hydroxylation is 1. The number of amides is 2. The fraction of sp³-hybridized carbons (Fsp3) is 0.308. The summed E-state index contributed by atoms with van der Waals surface area (Å²) in [6.45, 7) is 2.27. The second-order valence-corrected chi connectivity index (χ2v) is 4.30. The predicted octanol–water partition coefficient (Wildman–Crippen LogP) is 0.439. The van der Waals surface area contributed by atoms with Gasteiger partial charge in [0.2, 0.25) is 5.91 Å². The van der Waals surface area contributed by atoms with Gasteiger partial charge < -0.3 is 15.2 Å². The number of carbonyl (C=O) groups excluding carboxylic acids is 2. The van der Waals surface area contributed by atoms with Crippen LogP contribution in [0.1, 0.15) is 17.3 Å². The van der Waals surface area contributed by atoms with Crippen LogP contribution < -0.4 is 10.6 Å². The van der Waals surface area contributed by atoms with Gasteiger partial charge in [0.1, 0.15) is 0 Å². The van der Waals surface area contributed by atoms with Gasteiger partial charge in [-0.1, -0.05) is 0 Å². The molecule has 1 aromatic heterocycles. The summed E-state index contributed by atoms with van der Waals surface area (Å²) in [6, 6.07) is 5.38. The molecule has 0 aliphatic rings. The summed E-state index contributed by atoms with van der Waals surface area (Å²) in [6.07, 6.45) is 1.71. The van der Waals surface area contributed by atoms with E-state index in [2.05, 4.69) is 15.6 Å². The number of imidazole rings is 1. The van der Waals surface area contributed by atoms with Crippen LogP contribution in [0.3, 0.4) is 0 Å². The third-order valence-corrected chi connectivity index (χ3v) is 2.77. The smallest absolute Gasteiger partial charge is 0.251 e. The molecule has 0 radical (unpaired) electrons. The van der Waals surface area contributed by atoms with E-state index in [9.17, 15) is 9.59 Å². The highest BCUT2D eigenvalue weighted by atomic mass is 16.2. The molecule has 0 unspecified atom stereocenters. The zero-order valence-electron chi connectivity index (χ0n) is 10.9. The Labute approximate surface area is 110 Å². The van der Waals surface area contributed by atoms with Crippen molar-refractivity contribution in [1.82, 2.24) is 20.2 Å². The first-order valence-electron chi connectivity index (χ1n) is 6.01. The lowest BCUT2D eigenvalue weighted by Crippen LogP contribution is -2.33. The van der Waals surface area contributed by atoms with Crippen molar-refractivity contribution in [2.75, 3.05) is 13.1 Å². The minimum atomic E-state index is -0.169. The SMILES string of the molecule is CC(=O)NCCNC(=O)c1ccc2c(c1)ncn2C. The van der Waals surface area contributed by atoms with Crippen molar-refractivity contribution in [3.05, 3.63) is 30.1 Å². The second kappa shape index (κ2) is 5.51. The maximum Gasteiger partial charge on any atom is 0.251 e. The van der Waals surface area contributed by atoms with E-state index in [1.165, 1.54) is 6.92 Å². The number of hydrogen-bond acceptors (Lipinski definition) is 3. The molecule has 1 aromatic carbocycles.